The summed E-state index contributed by atoms with van der Waals surface area (Å²) in [6.45, 7) is 6.18. The Balaban J connectivity index is 1.70. The zero-order chi connectivity index (χ0) is 19.4. The van der Waals surface area contributed by atoms with Gasteiger partial charge >= 0.3 is 0 Å². The molecule has 27 heavy (non-hydrogen) atoms. The maximum Gasteiger partial charge on any atom is 0.252 e. The number of aromatic nitrogens is 3. The van der Waals surface area contributed by atoms with Crippen LogP contribution in [0.5, 0.6) is 0 Å². The lowest BCUT2D eigenvalue weighted by Gasteiger charge is -2.10. The fourth-order valence-corrected chi connectivity index (χ4v) is 3.28. The summed E-state index contributed by atoms with van der Waals surface area (Å²) in [5.74, 6) is 0.800. The highest BCUT2D eigenvalue weighted by molar-refractivity contribution is 9.10. The Morgan fingerprint density at radius 2 is 2.00 bits per heavy atom. The van der Waals surface area contributed by atoms with E-state index in [9.17, 15) is 4.79 Å². The van der Waals surface area contributed by atoms with Crippen molar-refractivity contribution in [3.63, 3.8) is 0 Å². The number of benzene rings is 1. The molecule has 2 heterocycles. The topological polar surface area (TPSA) is 80.9 Å². The van der Waals surface area contributed by atoms with Crippen LogP contribution in [-0.4, -0.2) is 21.0 Å². The molecule has 0 unspecified atom stereocenters. The molecule has 3 aromatic rings. The van der Waals surface area contributed by atoms with Crippen LogP contribution in [0.3, 0.4) is 0 Å². The van der Waals surface area contributed by atoms with E-state index in [2.05, 4.69) is 36.4 Å². The van der Waals surface area contributed by atoms with Gasteiger partial charge in [0.15, 0.2) is 5.82 Å². The molecule has 0 saturated carbocycles. The second kappa shape index (κ2) is 8.22. The van der Waals surface area contributed by atoms with Gasteiger partial charge in [-0.05, 0) is 40.2 Å². The van der Waals surface area contributed by atoms with Crippen LogP contribution >= 0.6 is 27.7 Å². The molecule has 1 aromatic carbocycles. The maximum atomic E-state index is 12.6. The fraction of sp³-hybridized carbons (Fsp3) is 0.263. The van der Waals surface area contributed by atoms with E-state index in [0.29, 0.717) is 17.3 Å². The van der Waals surface area contributed by atoms with Crippen molar-refractivity contribution in [2.45, 2.75) is 42.7 Å². The molecule has 0 radical (unpaired) electrons. The molecule has 0 aliphatic heterocycles. The molecule has 0 bridgehead atoms. The summed E-state index contributed by atoms with van der Waals surface area (Å²) in [6, 6.07) is 11.2. The van der Waals surface area contributed by atoms with Crippen LogP contribution in [0.2, 0.25) is 0 Å². The molecule has 0 atom stereocenters. The molecule has 0 saturated heterocycles. The lowest BCUT2D eigenvalue weighted by molar-refractivity contribution is 0.0946. The van der Waals surface area contributed by atoms with E-state index in [1.54, 1.807) is 12.3 Å². The average Bonchev–Trinajstić information content (AvgIpc) is 3.12. The number of nitrogens with zero attached hydrogens (tertiary/aromatic N) is 3. The molecule has 6 nitrogen and oxygen atoms in total. The largest absolute Gasteiger partial charge is 0.345 e. The van der Waals surface area contributed by atoms with E-state index in [1.807, 2.05) is 51.1 Å². The number of pyridine rings is 1. The first-order valence-corrected chi connectivity index (χ1v) is 9.93. The Kier molecular flexibility index (Phi) is 5.96. The zero-order valence-electron chi connectivity index (χ0n) is 15.2. The Hall–Kier alpha value is -2.19. The van der Waals surface area contributed by atoms with Crippen molar-refractivity contribution in [1.29, 1.82) is 0 Å². The van der Waals surface area contributed by atoms with Gasteiger partial charge in [-0.2, -0.15) is 4.98 Å². The number of amides is 1. The Labute approximate surface area is 170 Å². The summed E-state index contributed by atoms with van der Waals surface area (Å²) in [7, 11) is 0. The third kappa shape index (κ3) is 5.17. The van der Waals surface area contributed by atoms with Gasteiger partial charge in [-0.1, -0.05) is 49.8 Å². The molecule has 1 amide bonds. The summed E-state index contributed by atoms with van der Waals surface area (Å²) in [6.07, 6.45) is 1.73. The predicted octanol–water partition coefficient (Wildman–Crippen LogP) is 4.61. The second-order valence-corrected chi connectivity index (χ2v) is 8.84. The highest BCUT2D eigenvalue weighted by Gasteiger charge is 2.22. The highest BCUT2D eigenvalue weighted by atomic mass is 79.9. The Bertz CT molecular complexity index is 935. The standard InChI is InChI=1S/C19H19BrN4O2S/c1-19(2,3)18-23-15(24-26-18)11-22-17(25)13-6-4-5-7-14(13)27-16-9-8-12(20)10-21-16/h4-10H,11H2,1-3H3,(H,22,25). The maximum absolute atomic E-state index is 12.6. The van der Waals surface area contributed by atoms with Crippen molar-refractivity contribution in [3.8, 4) is 0 Å². The molecule has 0 spiro atoms. The van der Waals surface area contributed by atoms with Crippen LogP contribution in [0.25, 0.3) is 0 Å². The van der Waals surface area contributed by atoms with E-state index in [0.717, 1.165) is 14.4 Å². The zero-order valence-corrected chi connectivity index (χ0v) is 17.6. The number of hydrogen-bond donors (Lipinski definition) is 1. The summed E-state index contributed by atoms with van der Waals surface area (Å²) in [5.41, 5.74) is 0.350. The molecular weight excluding hydrogens is 428 g/mol. The van der Waals surface area contributed by atoms with Crippen molar-refractivity contribution in [3.05, 3.63) is 64.3 Å². The van der Waals surface area contributed by atoms with Gasteiger partial charge in [-0.25, -0.2) is 4.98 Å². The minimum Gasteiger partial charge on any atom is -0.345 e. The molecular formula is C19H19BrN4O2S. The van der Waals surface area contributed by atoms with Gasteiger partial charge in [-0.3, -0.25) is 4.79 Å². The summed E-state index contributed by atoms with van der Waals surface area (Å²) < 4.78 is 6.16. The van der Waals surface area contributed by atoms with Crippen molar-refractivity contribution in [2.75, 3.05) is 0 Å². The predicted molar refractivity (Wildman–Crippen MR) is 107 cm³/mol. The normalized spacial score (nSPS) is 11.4. The smallest absolute Gasteiger partial charge is 0.252 e. The first-order valence-electron chi connectivity index (χ1n) is 8.32. The van der Waals surface area contributed by atoms with Crippen LogP contribution in [0.1, 0.15) is 42.8 Å². The summed E-state index contributed by atoms with van der Waals surface area (Å²) in [4.78, 5) is 22.2. The minimum absolute atomic E-state index is 0.197. The molecule has 2 aromatic heterocycles. The number of halogens is 1. The van der Waals surface area contributed by atoms with Crippen molar-refractivity contribution < 1.29 is 9.32 Å². The molecule has 3 rings (SSSR count). The number of nitrogens with one attached hydrogen (secondary N) is 1. The SMILES string of the molecule is CC(C)(C)c1nc(CNC(=O)c2ccccc2Sc2ccc(Br)cn2)no1. The van der Waals surface area contributed by atoms with Crippen LogP contribution in [0, 0.1) is 0 Å². The summed E-state index contributed by atoms with van der Waals surface area (Å²) in [5, 5.41) is 7.59. The number of rotatable bonds is 5. The van der Waals surface area contributed by atoms with E-state index in [4.69, 9.17) is 4.52 Å². The fourth-order valence-electron chi connectivity index (χ4n) is 2.16. The van der Waals surface area contributed by atoms with Crippen LogP contribution in [0.15, 0.2) is 61.5 Å². The van der Waals surface area contributed by atoms with Crippen LogP contribution in [0.4, 0.5) is 0 Å². The van der Waals surface area contributed by atoms with Gasteiger partial charge in [0.2, 0.25) is 5.89 Å². The summed E-state index contributed by atoms with van der Waals surface area (Å²) >= 11 is 4.81. The van der Waals surface area contributed by atoms with Gasteiger partial charge in [-0.15, -0.1) is 0 Å². The third-order valence-electron chi connectivity index (χ3n) is 3.56. The van der Waals surface area contributed by atoms with Gasteiger partial charge in [0, 0.05) is 21.0 Å². The molecule has 1 N–H and O–H groups in total. The van der Waals surface area contributed by atoms with Crippen molar-refractivity contribution in [1.82, 2.24) is 20.4 Å². The van der Waals surface area contributed by atoms with Gasteiger partial charge in [0.1, 0.15) is 5.03 Å². The lowest BCUT2D eigenvalue weighted by Crippen LogP contribution is -2.24. The van der Waals surface area contributed by atoms with Crippen molar-refractivity contribution >= 4 is 33.6 Å². The number of hydrogen-bond acceptors (Lipinski definition) is 6. The third-order valence-corrected chi connectivity index (χ3v) is 5.06. The van der Waals surface area contributed by atoms with E-state index < -0.39 is 0 Å². The average molecular weight is 447 g/mol. The van der Waals surface area contributed by atoms with Gasteiger partial charge in [0.05, 0.1) is 12.1 Å². The van der Waals surface area contributed by atoms with Crippen LogP contribution in [-0.2, 0) is 12.0 Å². The van der Waals surface area contributed by atoms with E-state index >= 15 is 0 Å². The molecule has 0 aliphatic carbocycles. The molecule has 140 valence electrons. The first-order chi connectivity index (χ1) is 12.8. The highest BCUT2D eigenvalue weighted by Crippen LogP contribution is 2.29. The lowest BCUT2D eigenvalue weighted by atomic mass is 9.97. The molecule has 0 aliphatic rings. The monoisotopic (exact) mass is 446 g/mol. The first kappa shape index (κ1) is 19.6. The van der Waals surface area contributed by atoms with Crippen molar-refractivity contribution in [2.24, 2.45) is 0 Å². The van der Waals surface area contributed by atoms with E-state index in [1.165, 1.54) is 11.8 Å². The van der Waals surface area contributed by atoms with Gasteiger partial charge < -0.3 is 9.84 Å². The van der Waals surface area contributed by atoms with Crippen LogP contribution < -0.4 is 5.32 Å². The quantitative estimate of drug-likeness (QED) is 0.616. The molecule has 8 heteroatoms. The minimum atomic E-state index is -0.226. The number of carbonyl (C=O) groups excluding carboxylic acids is 1. The molecule has 0 fully saturated rings. The van der Waals surface area contributed by atoms with Gasteiger partial charge in [0.25, 0.3) is 5.91 Å². The Morgan fingerprint density at radius 3 is 2.67 bits per heavy atom. The van der Waals surface area contributed by atoms with E-state index in [-0.39, 0.29) is 17.9 Å². The second-order valence-electron chi connectivity index (χ2n) is 6.86. The Morgan fingerprint density at radius 1 is 1.22 bits per heavy atom. The number of carbonyl (C=O) groups is 1.